The number of ether oxygens (including phenoxy) is 1. The quantitative estimate of drug-likeness (QED) is 0.850. The molecule has 104 valence electrons. The van der Waals surface area contributed by atoms with Crippen molar-refractivity contribution in [1.29, 1.82) is 5.26 Å². The molecule has 4 nitrogen and oxygen atoms in total. The molecule has 2 aromatic carbocycles. The van der Waals surface area contributed by atoms with E-state index in [0.29, 0.717) is 17.0 Å². The Hall–Kier alpha value is -2.87. The second-order valence-corrected chi connectivity index (χ2v) is 4.66. The Balaban J connectivity index is 1.95. The Bertz CT molecular complexity index is 752. The van der Waals surface area contributed by atoms with Crippen LogP contribution in [-0.2, 0) is 11.3 Å². The number of para-hydroxylation sites is 2. The minimum atomic E-state index is -0.560. The lowest BCUT2D eigenvalue weighted by molar-refractivity contribution is -0.121. The van der Waals surface area contributed by atoms with E-state index in [4.69, 9.17) is 10.00 Å². The molecule has 1 amide bonds. The summed E-state index contributed by atoms with van der Waals surface area (Å²) in [5, 5.41) is 8.87. The van der Waals surface area contributed by atoms with E-state index in [1.807, 2.05) is 12.1 Å². The molecule has 5 heteroatoms. The first-order valence-electron chi connectivity index (χ1n) is 6.40. The summed E-state index contributed by atoms with van der Waals surface area (Å²) in [4.78, 5) is 13.6. The third-order valence-electron chi connectivity index (χ3n) is 3.30. The van der Waals surface area contributed by atoms with E-state index < -0.39 is 5.82 Å². The first-order valence-corrected chi connectivity index (χ1v) is 6.40. The molecule has 0 spiro atoms. The van der Waals surface area contributed by atoms with Crippen molar-refractivity contribution >= 4 is 11.6 Å². The first-order chi connectivity index (χ1) is 10.2. The molecule has 0 saturated heterocycles. The molecule has 2 aromatic rings. The maximum atomic E-state index is 13.3. The highest BCUT2D eigenvalue weighted by Gasteiger charge is 2.25. The summed E-state index contributed by atoms with van der Waals surface area (Å²) in [6, 6.07) is 13.3. The van der Waals surface area contributed by atoms with Crippen LogP contribution in [0.4, 0.5) is 10.1 Å². The molecule has 21 heavy (non-hydrogen) atoms. The average Bonchev–Trinajstić information content (AvgIpc) is 2.52. The van der Waals surface area contributed by atoms with Gasteiger partial charge >= 0.3 is 0 Å². The molecule has 0 unspecified atom stereocenters. The molecule has 0 saturated carbocycles. The van der Waals surface area contributed by atoms with Gasteiger partial charge in [-0.05, 0) is 29.8 Å². The van der Waals surface area contributed by atoms with Gasteiger partial charge in [0.15, 0.2) is 6.61 Å². The maximum absolute atomic E-state index is 13.3. The van der Waals surface area contributed by atoms with Crippen LogP contribution >= 0.6 is 0 Å². The van der Waals surface area contributed by atoms with Crippen molar-refractivity contribution in [1.82, 2.24) is 0 Å². The van der Waals surface area contributed by atoms with E-state index in [1.165, 1.54) is 12.1 Å². The number of fused-ring (bicyclic) bond motifs is 1. The Kier molecular flexibility index (Phi) is 3.28. The number of hydrogen-bond donors (Lipinski definition) is 0. The second-order valence-electron chi connectivity index (χ2n) is 4.66. The van der Waals surface area contributed by atoms with E-state index in [-0.39, 0.29) is 24.6 Å². The fourth-order valence-electron chi connectivity index (χ4n) is 2.27. The highest BCUT2D eigenvalue weighted by Crippen LogP contribution is 2.32. The van der Waals surface area contributed by atoms with E-state index in [9.17, 15) is 9.18 Å². The van der Waals surface area contributed by atoms with Crippen LogP contribution in [0.15, 0.2) is 42.5 Å². The fourth-order valence-corrected chi connectivity index (χ4v) is 2.27. The SMILES string of the molecule is N#Cc1cc(CN2C(=O)COc3ccccc32)ccc1F. The summed E-state index contributed by atoms with van der Waals surface area (Å²) in [7, 11) is 0. The summed E-state index contributed by atoms with van der Waals surface area (Å²) in [5.41, 5.74) is 1.34. The zero-order valence-corrected chi connectivity index (χ0v) is 11.0. The molecule has 0 radical (unpaired) electrons. The van der Waals surface area contributed by atoms with Crippen LogP contribution < -0.4 is 9.64 Å². The molecule has 1 heterocycles. The summed E-state index contributed by atoms with van der Waals surface area (Å²) in [6.45, 7) is 0.248. The zero-order valence-electron chi connectivity index (χ0n) is 11.0. The van der Waals surface area contributed by atoms with Crippen molar-refractivity contribution in [3.05, 3.63) is 59.4 Å². The lowest BCUT2D eigenvalue weighted by atomic mass is 10.1. The predicted octanol–water partition coefficient (Wildman–Crippen LogP) is 2.62. The molecule has 1 aliphatic rings. The molecule has 3 rings (SSSR count). The molecule has 0 atom stereocenters. The number of carbonyl (C=O) groups excluding carboxylic acids is 1. The number of halogens is 1. The van der Waals surface area contributed by atoms with Crippen molar-refractivity contribution in [2.75, 3.05) is 11.5 Å². The third kappa shape index (κ3) is 2.43. The highest BCUT2D eigenvalue weighted by molar-refractivity contribution is 5.97. The van der Waals surface area contributed by atoms with Crippen LogP contribution in [0, 0.1) is 17.1 Å². The summed E-state index contributed by atoms with van der Waals surface area (Å²) < 4.78 is 18.7. The van der Waals surface area contributed by atoms with Gasteiger partial charge in [0, 0.05) is 0 Å². The lowest BCUT2D eigenvalue weighted by Gasteiger charge is -2.29. The van der Waals surface area contributed by atoms with E-state index >= 15 is 0 Å². The van der Waals surface area contributed by atoms with Gasteiger partial charge in [-0.15, -0.1) is 0 Å². The normalized spacial score (nSPS) is 13.3. The van der Waals surface area contributed by atoms with E-state index in [0.717, 1.165) is 0 Å². The van der Waals surface area contributed by atoms with Gasteiger partial charge in [-0.25, -0.2) is 4.39 Å². The summed E-state index contributed by atoms with van der Waals surface area (Å²) in [6.07, 6.45) is 0. The molecule has 0 fully saturated rings. The second kappa shape index (κ2) is 5.25. The predicted molar refractivity (Wildman–Crippen MR) is 74.2 cm³/mol. The molecule has 0 aromatic heterocycles. The smallest absolute Gasteiger partial charge is 0.265 e. The minimum Gasteiger partial charge on any atom is -0.482 e. The topological polar surface area (TPSA) is 53.3 Å². The van der Waals surface area contributed by atoms with Crippen molar-refractivity contribution in [2.24, 2.45) is 0 Å². The lowest BCUT2D eigenvalue weighted by Crippen LogP contribution is -2.38. The van der Waals surface area contributed by atoms with Gasteiger partial charge in [0.05, 0.1) is 17.8 Å². The van der Waals surface area contributed by atoms with Crippen LogP contribution in [0.3, 0.4) is 0 Å². The van der Waals surface area contributed by atoms with Crippen LogP contribution in [0.25, 0.3) is 0 Å². The molecular weight excluding hydrogens is 271 g/mol. The van der Waals surface area contributed by atoms with Crippen molar-refractivity contribution in [3.8, 4) is 11.8 Å². The van der Waals surface area contributed by atoms with Crippen LogP contribution in [0.2, 0.25) is 0 Å². The number of anilines is 1. The maximum Gasteiger partial charge on any atom is 0.265 e. The zero-order chi connectivity index (χ0) is 14.8. The number of hydrogen-bond acceptors (Lipinski definition) is 3. The Morgan fingerprint density at radius 2 is 2.10 bits per heavy atom. The third-order valence-corrected chi connectivity index (χ3v) is 3.30. The summed E-state index contributed by atoms with van der Waals surface area (Å²) in [5.74, 6) is -0.0915. The van der Waals surface area contributed by atoms with Crippen molar-refractivity contribution in [2.45, 2.75) is 6.54 Å². The van der Waals surface area contributed by atoms with Gasteiger partial charge in [-0.1, -0.05) is 18.2 Å². The Morgan fingerprint density at radius 3 is 2.90 bits per heavy atom. The van der Waals surface area contributed by atoms with Gasteiger partial charge in [-0.3, -0.25) is 4.79 Å². The monoisotopic (exact) mass is 282 g/mol. The highest BCUT2D eigenvalue weighted by atomic mass is 19.1. The fraction of sp³-hybridized carbons (Fsp3) is 0.125. The van der Waals surface area contributed by atoms with Crippen molar-refractivity contribution < 1.29 is 13.9 Å². The largest absolute Gasteiger partial charge is 0.482 e. The van der Waals surface area contributed by atoms with Gasteiger partial charge in [-0.2, -0.15) is 5.26 Å². The number of nitriles is 1. The Labute approximate surface area is 121 Å². The minimum absolute atomic E-state index is 0.0245. The molecule has 0 N–H and O–H groups in total. The van der Waals surface area contributed by atoms with E-state index in [2.05, 4.69) is 0 Å². The molecule has 1 aliphatic heterocycles. The van der Waals surface area contributed by atoms with Crippen LogP contribution in [0.5, 0.6) is 5.75 Å². The average molecular weight is 282 g/mol. The molecular formula is C16H11FN2O2. The number of amides is 1. The first kappa shape index (κ1) is 13.1. The number of benzene rings is 2. The Morgan fingerprint density at radius 1 is 1.29 bits per heavy atom. The molecule has 0 bridgehead atoms. The molecule has 0 aliphatic carbocycles. The number of carbonyl (C=O) groups is 1. The number of nitrogens with zero attached hydrogens (tertiary/aromatic N) is 2. The van der Waals surface area contributed by atoms with Crippen LogP contribution in [-0.4, -0.2) is 12.5 Å². The van der Waals surface area contributed by atoms with Crippen molar-refractivity contribution in [3.63, 3.8) is 0 Å². The standard InChI is InChI=1S/C16H11FN2O2/c17-13-6-5-11(7-12(13)8-18)9-19-14-3-1-2-4-15(14)21-10-16(19)20/h1-7H,9-10H2. The number of rotatable bonds is 2. The summed E-state index contributed by atoms with van der Waals surface area (Å²) >= 11 is 0. The van der Waals surface area contributed by atoms with Gasteiger partial charge in [0.25, 0.3) is 5.91 Å². The van der Waals surface area contributed by atoms with Gasteiger partial charge in [0.2, 0.25) is 0 Å². The van der Waals surface area contributed by atoms with Gasteiger partial charge in [0.1, 0.15) is 17.6 Å². The van der Waals surface area contributed by atoms with Gasteiger partial charge < -0.3 is 9.64 Å². The van der Waals surface area contributed by atoms with Crippen LogP contribution in [0.1, 0.15) is 11.1 Å². The van der Waals surface area contributed by atoms with E-state index in [1.54, 1.807) is 29.2 Å².